The minimum absolute atomic E-state index is 0.0133. The van der Waals surface area contributed by atoms with Crippen molar-refractivity contribution in [1.29, 1.82) is 0 Å². The Bertz CT molecular complexity index is 1040. The Morgan fingerprint density at radius 2 is 1.50 bits per heavy atom. The number of hydrogen-bond acceptors (Lipinski definition) is 3. The Hall–Kier alpha value is -3.29. The molecular formula is C26H29F2N3O3. The summed E-state index contributed by atoms with van der Waals surface area (Å²) in [4.78, 5) is 40.0. The molecule has 8 heteroatoms. The van der Waals surface area contributed by atoms with Crippen molar-refractivity contribution < 1.29 is 23.2 Å². The Balaban J connectivity index is 1.37. The highest BCUT2D eigenvalue weighted by atomic mass is 19.1. The van der Waals surface area contributed by atoms with Gasteiger partial charge in [0.25, 0.3) is 11.8 Å². The maximum atomic E-state index is 14.1. The largest absolute Gasteiger partial charge is 0.351 e. The zero-order valence-electron chi connectivity index (χ0n) is 18.9. The third kappa shape index (κ3) is 5.61. The lowest BCUT2D eigenvalue weighted by atomic mass is 9.88. The molecule has 0 radical (unpaired) electrons. The van der Waals surface area contributed by atoms with Crippen LogP contribution in [0.15, 0.2) is 48.5 Å². The number of carbonyl (C=O) groups is 3. The van der Waals surface area contributed by atoms with Crippen LogP contribution in [0.25, 0.3) is 0 Å². The van der Waals surface area contributed by atoms with Crippen LogP contribution < -0.4 is 10.6 Å². The van der Waals surface area contributed by atoms with Crippen LogP contribution in [0.2, 0.25) is 0 Å². The Kier molecular flexibility index (Phi) is 7.55. The van der Waals surface area contributed by atoms with E-state index in [0.29, 0.717) is 24.9 Å². The molecule has 0 bridgehead atoms. The summed E-state index contributed by atoms with van der Waals surface area (Å²) < 4.78 is 27.2. The molecule has 2 aromatic rings. The highest BCUT2D eigenvalue weighted by molar-refractivity contribution is 5.95. The standard InChI is InChI=1S/C26H29F2N3O3/c27-19-13-11-17(12-14-19)24(32)29-22-9-3-4-10-23(22)30-25(33)18-6-5-15-31(16-18)26(34)20-7-1-2-8-21(20)28/h1-2,7-8,11-14,18,22-23H,3-6,9-10,15-16H2,(H,29,32)(H,30,33)/t18-,22+,23+/m0/s1. The second-order valence-electron chi connectivity index (χ2n) is 9.06. The minimum Gasteiger partial charge on any atom is -0.351 e. The zero-order valence-corrected chi connectivity index (χ0v) is 18.9. The van der Waals surface area contributed by atoms with E-state index in [1.807, 2.05) is 0 Å². The number of hydrogen-bond donors (Lipinski definition) is 2. The molecule has 2 aromatic carbocycles. The summed E-state index contributed by atoms with van der Waals surface area (Å²) in [6.45, 7) is 0.717. The van der Waals surface area contributed by atoms with Gasteiger partial charge in [-0.3, -0.25) is 14.4 Å². The fourth-order valence-corrected chi connectivity index (χ4v) is 4.81. The first kappa shape index (κ1) is 23.9. The van der Waals surface area contributed by atoms with Gasteiger partial charge in [-0.25, -0.2) is 8.78 Å². The van der Waals surface area contributed by atoms with Crippen molar-refractivity contribution in [2.75, 3.05) is 13.1 Å². The highest BCUT2D eigenvalue weighted by Crippen LogP contribution is 2.23. The van der Waals surface area contributed by atoms with Crippen LogP contribution in [-0.4, -0.2) is 47.8 Å². The first-order chi connectivity index (χ1) is 16.4. The average Bonchev–Trinajstić information content (AvgIpc) is 2.85. The van der Waals surface area contributed by atoms with E-state index in [9.17, 15) is 23.2 Å². The van der Waals surface area contributed by atoms with Crippen LogP contribution in [-0.2, 0) is 4.79 Å². The second-order valence-corrected chi connectivity index (χ2v) is 9.06. The summed E-state index contributed by atoms with van der Waals surface area (Å²) in [5.41, 5.74) is 0.381. The molecule has 3 amide bonds. The van der Waals surface area contributed by atoms with E-state index in [0.717, 1.165) is 25.7 Å². The quantitative estimate of drug-likeness (QED) is 0.701. The molecule has 2 N–H and O–H groups in total. The normalized spacial score (nSPS) is 22.6. The third-order valence-electron chi connectivity index (χ3n) is 6.70. The average molecular weight is 470 g/mol. The van der Waals surface area contributed by atoms with Crippen LogP contribution in [0, 0.1) is 17.6 Å². The maximum absolute atomic E-state index is 14.1. The lowest BCUT2D eigenvalue weighted by molar-refractivity contribution is -0.127. The second kappa shape index (κ2) is 10.8. The van der Waals surface area contributed by atoms with Crippen LogP contribution in [0.3, 0.4) is 0 Å². The van der Waals surface area contributed by atoms with Crippen molar-refractivity contribution in [2.24, 2.45) is 5.92 Å². The van der Waals surface area contributed by atoms with Crippen molar-refractivity contribution in [3.05, 3.63) is 71.3 Å². The van der Waals surface area contributed by atoms with E-state index in [-0.39, 0.29) is 41.9 Å². The predicted octanol–water partition coefficient (Wildman–Crippen LogP) is 3.67. The van der Waals surface area contributed by atoms with Crippen LogP contribution in [0.1, 0.15) is 59.2 Å². The van der Waals surface area contributed by atoms with E-state index in [4.69, 9.17) is 0 Å². The van der Waals surface area contributed by atoms with Gasteiger partial charge in [0, 0.05) is 30.7 Å². The van der Waals surface area contributed by atoms with E-state index in [1.165, 1.54) is 42.5 Å². The van der Waals surface area contributed by atoms with Gasteiger partial charge in [-0.2, -0.15) is 0 Å². The molecule has 2 fully saturated rings. The van der Waals surface area contributed by atoms with Gasteiger partial charge in [0.1, 0.15) is 11.6 Å². The highest BCUT2D eigenvalue weighted by Gasteiger charge is 2.33. The number of rotatable bonds is 5. The monoisotopic (exact) mass is 469 g/mol. The summed E-state index contributed by atoms with van der Waals surface area (Å²) in [5.74, 6) is -2.22. The number of likely N-dealkylation sites (tertiary alicyclic amines) is 1. The van der Waals surface area contributed by atoms with Gasteiger partial charge >= 0.3 is 0 Å². The minimum atomic E-state index is -0.569. The summed E-state index contributed by atoms with van der Waals surface area (Å²) in [7, 11) is 0. The fraction of sp³-hybridized carbons (Fsp3) is 0.423. The van der Waals surface area contributed by atoms with E-state index in [1.54, 1.807) is 11.0 Å². The van der Waals surface area contributed by atoms with Crippen LogP contribution in [0.4, 0.5) is 8.78 Å². The molecule has 1 heterocycles. The van der Waals surface area contributed by atoms with Crippen LogP contribution >= 0.6 is 0 Å². The molecule has 4 rings (SSSR count). The van der Waals surface area contributed by atoms with E-state index >= 15 is 0 Å². The topological polar surface area (TPSA) is 78.5 Å². The molecule has 0 spiro atoms. The van der Waals surface area contributed by atoms with E-state index in [2.05, 4.69) is 10.6 Å². The number of amides is 3. The first-order valence-electron chi connectivity index (χ1n) is 11.8. The van der Waals surface area contributed by atoms with Gasteiger partial charge in [0.05, 0.1) is 11.5 Å². The molecule has 0 unspecified atom stereocenters. The third-order valence-corrected chi connectivity index (χ3v) is 6.70. The molecule has 2 aliphatic rings. The SMILES string of the molecule is O=C(N[C@@H]1CCCC[C@H]1NC(=O)[C@H]1CCCN(C(=O)c2ccccc2F)C1)c1ccc(F)cc1. The van der Waals surface area contributed by atoms with Gasteiger partial charge in [-0.1, -0.05) is 25.0 Å². The number of benzene rings is 2. The molecule has 6 nitrogen and oxygen atoms in total. The number of carbonyl (C=O) groups excluding carboxylic acids is 3. The maximum Gasteiger partial charge on any atom is 0.256 e. The van der Waals surface area contributed by atoms with Gasteiger partial charge in [0.2, 0.25) is 5.91 Å². The van der Waals surface area contributed by atoms with E-state index < -0.39 is 17.5 Å². The summed E-state index contributed by atoms with van der Waals surface area (Å²) in [5, 5.41) is 6.07. The fourth-order valence-electron chi connectivity index (χ4n) is 4.81. The van der Waals surface area contributed by atoms with Crippen molar-refractivity contribution in [2.45, 2.75) is 50.6 Å². The van der Waals surface area contributed by atoms with Crippen molar-refractivity contribution in [3.8, 4) is 0 Å². The lowest BCUT2D eigenvalue weighted by Gasteiger charge is -2.36. The molecule has 1 aliphatic carbocycles. The molecule has 1 aliphatic heterocycles. The molecule has 180 valence electrons. The number of nitrogens with zero attached hydrogens (tertiary/aromatic N) is 1. The molecular weight excluding hydrogens is 440 g/mol. The Morgan fingerprint density at radius 1 is 0.824 bits per heavy atom. The van der Waals surface area contributed by atoms with Crippen molar-refractivity contribution in [1.82, 2.24) is 15.5 Å². The lowest BCUT2D eigenvalue weighted by Crippen LogP contribution is -2.55. The van der Waals surface area contributed by atoms with Gasteiger partial charge in [0.15, 0.2) is 0 Å². The van der Waals surface area contributed by atoms with Crippen molar-refractivity contribution in [3.63, 3.8) is 0 Å². The Morgan fingerprint density at radius 3 is 2.21 bits per heavy atom. The van der Waals surface area contributed by atoms with Gasteiger partial charge in [-0.05, 0) is 62.1 Å². The zero-order chi connectivity index (χ0) is 24.1. The molecule has 1 saturated carbocycles. The Labute approximate surface area is 197 Å². The number of halogens is 2. The van der Waals surface area contributed by atoms with Gasteiger partial charge < -0.3 is 15.5 Å². The summed E-state index contributed by atoms with van der Waals surface area (Å²) in [6, 6.07) is 10.8. The smallest absolute Gasteiger partial charge is 0.256 e. The molecule has 1 saturated heterocycles. The van der Waals surface area contributed by atoms with Gasteiger partial charge in [-0.15, -0.1) is 0 Å². The molecule has 34 heavy (non-hydrogen) atoms. The number of piperidine rings is 1. The van der Waals surface area contributed by atoms with Crippen LogP contribution in [0.5, 0.6) is 0 Å². The molecule has 0 aromatic heterocycles. The van der Waals surface area contributed by atoms with Crippen molar-refractivity contribution >= 4 is 17.7 Å². The summed E-state index contributed by atoms with van der Waals surface area (Å²) in [6.07, 6.45) is 4.66. The predicted molar refractivity (Wildman–Crippen MR) is 123 cm³/mol. The first-order valence-corrected chi connectivity index (χ1v) is 11.8. The summed E-state index contributed by atoms with van der Waals surface area (Å²) >= 11 is 0. The number of nitrogens with one attached hydrogen (secondary N) is 2. The molecule has 3 atom stereocenters.